The van der Waals surface area contributed by atoms with Gasteiger partial charge in [0, 0.05) is 10.8 Å². The summed E-state index contributed by atoms with van der Waals surface area (Å²) >= 11 is 0. The molecule has 0 aliphatic heterocycles. The van der Waals surface area contributed by atoms with E-state index < -0.39 is 10.8 Å². The number of carbonyl (C=O) groups is 2. The second-order valence-corrected chi connectivity index (χ2v) is 11.2. The third-order valence-corrected chi connectivity index (χ3v) is 9.55. The van der Waals surface area contributed by atoms with E-state index in [-0.39, 0.29) is 22.8 Å². The van der Waals surface area contributed by atoms with Gasteiger partial charge in [-0.2, -0.15) is 0 Å². The minimum Gasteiger partial charge on any atom is -0.392 e. The predicted molar refractivity (Wildman–Crippen MR) is 132 cm³/mol. The van der Waals surface area contributed by atoms with Crippen LogP contribution in [0.4, 0.5) is 0 Å². The zero-order chi connectivity index (χ0) is 23.7. The molecule has 0 heterocycles. The molecule has 4 unspecified atom stereocenters. The Kier molecular flexibility index (Phi) is 6.28. The molecule has 0 N–H and O–H groups in total. The van der Waals surface area contributed by atoms with Crippen molar-refractivity contribution in [3.63, 3.8) is 0 Å². The molecular formula is C30H38O3. The van der Waals surface area contributed by atoms with Crippen molar-refractivity contribution in [3.8, 4) is 0 Å². The third kappa shape index (κ3) is 3.74. The van der Waals surface area contributed by atoms with Crippen molar-refractivity contribution in [2.45, 2.75) is 89.9 Å². The summed E-state index contributed by atoms with van der Waals surface area (Å²) in [4.78, 5) is 27.6. The fourth-order valence-corrected chi connectivity index (χ4v) is 6.52. The molecule has 2 aromatic carbocycles. The number of carbonyl (C=O) groups excluding carboxylic acids is 2. The predicted octanol–water partition coefficient (Wildman–Crippen LogP) is 7.13. The summed E-state index contributed by atoms with van der Waals surface area (Å²) < 4.78 is 5.89. The quantitative estimate of drug-likeness (QED) is 0.370. The highest BCUT2D eigenvalue weighted by Crippen LogP contribution is 2.55. The van der Waals surface area contributed by atoms with Crippen molar-refractivity contribution in [1.29, 1.82) is 0 Å². The smallest absolute Gasteiger partial charge is 0.320 e. The lowest BCUT2D eigenvalue weighted by Gasteiger charge is -2.50. The minimum atomic E-state index is -0.740. The number of rotatable bonds is 4. The zero-order valence-corrected chi connectivity index (χ0v) is 20.7. The monoisotopic (exact) mass is 446 g/mol. The van der Waals surface area contributed by atoms with Gasteiger partial charge in [0.15, 0.2) is 0 Å². The molecule has 0 amide bonds. The molecule has 4 atom stereocenters. The summed E-state index contributed by atoms with van der Waals surface area (Å²) in [7, 11) is 0. The molecule has 0 aromatic heterocycles. The second kappa shape index (κ2) is 8.74. The van der Waals surface area contributed by atoms with Gasteiger partial charge in [-0.25, -0.2) is 0 Å². The summed E-state index contributed by atoms with van der Waals surface area (Å²) in [6.07, 6.45) is 7.39. The minimum absolute atomic E-state index is 0.360. The second-order valence-electron chi connectivity index (χ2n) is 11.2. The first-order chi connectivity index (χ1) is 15.7. The average molecular weight is 447 g/mol. The molecule has 0 saturated heterocycles. The summed E-state index contributed by atoms with van der Waals surface area (Å²) in [6, 6.07) is 20.5. The van der Waals surface area contributed by atoms with Gasteiger partial charge in [0.2, 0.25) is 0 Å². The average Bonchev–Trinajstić information content (AvgIpc) is 2.84. The number of hydrogen-bond acceptors (Lipinski definition) is 3. The van der Waals surface area contributed by atoms with Gasteiger partial charge in [-0.3, -0.25) is 9.59 Å². The Labute approximate surface area is 198 Å². The van der Waals surface area contributed by atoms with Gasteiger partial charge in [0.05, 0.1) is 10.8 Å². The third-order valence-electron chi connectivity index (χ3n) is 9.55. The van der Waals surface area contributed by atoms with E-state index in [2.05, 4.69) is 38.1 Å². The Morgan fingerprint density at radius 2 is 0.909 bits per heavy atom. The summed E-state index contributed by atoms with van der Waals surface area (Å²) in [5.41, 5.74) is 0.0942. The van der Waals surface area contributed by atoms with Gasteiger partial charge < -0.3 is 4.74 Å². The molecule has 3 nitrogen and oxygen atoms in total. The molecule has 176 valence electrons. The van der Waals surface area contributed by atoms with E-state index in [4.69, 9.17) is 4.74 Å². The van der Waals surface area contributed by atoms with E-state index in [1.165, 1.54) is 0 Å². The van der Waals surface area contributed by atoms with E-state index in [1.807, 2.05) is 50.2 Å². The molecule has 0 spiro atoms. The first kappa shape index (κ1) is 23.7. The van der Waals surface area contributed by atoms with E-state index in [0.717, 1.165) is 62.5 Å². The largest absolute Gasteiger partial charge is 0.392 e. The van der Waals surface area contributed by atoms with E-state index >= 15 is 0 Å². The van der Waals surface area contributed by atoms with Crippen molar-refractivity contribution in [2.75, 3.05) is 0 Å². The van der Waals surface area contributed by atoms with Crippen LogP contribution in [-0.4, -0.2) is 11.9 Å². The summed E-state index contributed by atoms with van der Waals surface area (Å²) in [5, 5.41) is 0. The van der Waals surface area contributed by atoms with Crippen LogP contribution in [-0.2, 0) is 25.2 Å². The molecular weight excluding hydrogens is 408 g/mol. The molecule has 2 aliphatic rings. The highest BCUT2D eigenvalue weighted by atomic mass is 16.6. The maximum Gasteiger partial charge on any atom is 0.320 e. The fraction of sp³-hybridized carbons (Fsp3) is 0.533. The van der Waals surface area contributed by atoms with Gasteiger partial charge in [0.25, 0.3) is 0 Å². The zero-order valence-electron chi connectivity index (χ0n) is 20.7. The lowest BCUT2D eigenvalue weighted by Crippen LogP contribution is -2.54. The Bertz CT molecular complexity index is 918. The van der Waals surface area contributed by atoms with Crippen LogP contribution in [0.3, 0.4) is 0 Å². The molecule has 0 radical (unpaired) electrons. The molecule has 3 heteroatoms. The van der Waals surface area contributed by atoms with Gasteiger partial charge in [-0.1, -0.05) is 100 Å². The van der Waals surface area contributed by atoms with Crippen LogP contribution in [0.2, 0.25) is 0 Å². The van der Waals surface area contributed by atoms with Crippen LogP contribution in [0.5, 0.6) is 0 Å². The molecule has 2 aliphatic carbocycles. The lowest BCUT2D eigenvalue weighted by molar-refractivity contribution is -0.181. The molecule has 33 heavy (non-hydrogen) atoms. The van der Waals surface area contributed by atoms with Crippen molar-refractivity contribution in [3.05, 3.63) is 71.8 Å². The van der Waals surface area contributed by atoms with Gasteiger partial charge >= 0.3 is 11.9 Å². The van der Waals surface area contributed by atoms with Crippen LogP contribution < -0.4 is 0 Å². The van der Waals surface area contributed by atoms with Gasteiger partial charge in [0.1, 0.15) is 0 Å². The highest BCUT2D eigenvalue weighted by molar-refractivity contribution is 5.93. The van der Waals surface area contributed by atoms with Crippen molar-refractivity contribution < 1.29 is 14.3 Å². The Morgan fingerprint density at radius 3 is 1.27 bits per heavy atom. The van der Waals surface area contributed by atoms with Crippen molar-refractivity contribution in [2.24, 2.45) is 10.8 Å². The number of ether oxygens (including phenoxy) is 1. The van der Waals surface area contributed by atoms with Gasteiger partial charge in [-0.15, -0.1) is 0 Å². The van der Waals surface area contributed by atoms with E-state index in [9.17, 15) is 9.59 Å². The molecule has 0 bridgehead atoms. The van der Waals surface area contributed by atoms with Crippen molar-refractivity contribution in [1.82, 2.24) is 0 Å². The summed E-state index contributed by atoms with van der Waals surface area (Å²) in [6.45, 7) is 8.36. The van der Waals surface area contributed by atoms with E-state index in [0.29, 0.717) is 0 Å². The molecule has 2 saturated carbocycles. The number of esters is 2. The number of hydrogen-bond donors (Lipinski definition) is 0. The Morgan fingerprint density at radius 1 is 0.576 bits per heavy atom. The maximum absolute atomic E-state index is 13.8. The first-order valence-corrected chi connectivity index (χ1v) is 12.6. The van der Waals surface area contributed by atoms with Crippen LogP contribution in [0.25, 0.3) is 0 Å². The van der Waals surface area contributed by atoms with Crippen LogP contribution in [0.15, 0.2) is 60.7 Å². The normalized spacial score (nSPS) is 34.4. The highest BCUT2D eigenvalue weighted by Gasteiger charge is 2.57. The standard InChI is InChI=1S/C30H38O3/c1-27(23-15-7-5-8-16-23)19-11-13-21-29(27,3)25(31)33-26(32)30(4)22-14-12-20-28(30,2)24-17-9-6-10-18-24/h5-10,15-18H,11-14,19-22H2,1-4H3. The molecule has 2 aromatic rings. The van der Waals surface area contributed by atoms with Crippen LogP contribution in [0.1, 0.15) is 90.2 Å². The lowest BCUT2D eigenvalue weighted by atomic mass is 9.54. The molecule has 4 rings (SSSR count). The Balaban J connectivity index is 1.65. The number of benzene rings is 2. The Hall–Kier alpha value is -2.42. The molecule has 2 fully saturated rings. The SMILES string of the molecule is CC1(C(=O)OC(=O)C2(C)CCCCC2(C)c2ccccc2)CCCCC1(C)c1ccccc1. The van der Waals surface area contributed by atoms with Crippen LogP contribution >= 0.6 is 0 Å². The topological polar surface area (TPSA) is 43.4 Å². The summed E-state index contributed by atoms with van der Waals surface area (Å²) in [5.74, 6) is -0.721. The van der Waals surface area contributed by atoms with E-state index in [1.54, 1.807) is 0 Å². The first-order valence-electron chi connectivity index (χ1n) is 12.6. The van der Waals surface area contributed by atoms with Gasteiger partial charge in [-0.05, 0) is 50.7 Å². The fourth-order valence-electron chi connectivity index (χ4n) is 6.52. The van der Waals surface area contributed by atoms with Crippen LogP contribution in [0, 0.1) is 10.8 Å². The van der Waals surface area contributed by atoms with Crippen molar-refractivity contribution >= 4 is 11.9 Å². The maximum atomic E-state index is 13.8.